The summed E-state index contributed by atoms with van der Waals surface area (Å²) in [7, 11) is -4.23. The van der Waals surface area contributed by atoms with Crippen LogP contribution in [0.1, 0.15) is 83.1 Å². The molecule has 0 saturated carbocycles. The molecule has 0 bridgehead atoms. The van der Waals surface area contributed by atoms with Crippen LogP contribution in [0.4, 0.5) is 0 Å². The number of phenolic OH excluding ortho intramolecular Hbond substituents is 1. The Bertz CT molecular complexity index is 875. The molecule has 0 fully saturated rings. The van der Waals surface area contributed by atoms with Gasteiger partial charge in [-0.3, -0.25) is 4.55 Å². The van der Waals surface area contributed by atoms with Crippen LogP contribution in [0.25, 0.3) is 0 Å². The first-order valence-corrected chi connectivity index (χ1v) is 12.9. The molecule has 0 aliphatic heterocycles. The van der Waals surface area contributed by atoms with Crippen LogP contribution in [0.2, 0.25) is 0 Å². The van der Waals surface area contributed by atoms with Crippen molar-refractivity contribution in [1.82, 2.24) is 0 Å². The maximum atomic E-state index is 11.2. The van der Waals surface area contributed by atoms with Gasteiger partial charge in [0.05, 0.1) is 4.90 Å². The van der Waals surface area contributed by atoms with E-state index in [-0.39, 0.29) is 10.6 Å². The van der Waals surface area contributed by atoms with Crippen molar-refractivity contribution in [2.45, 2.75) is 88.9 Å². The lowest BCUT2D eigenvalue weighted by atomic mass is 10.0. The Morgan fingerprint density at radius 1 is 0.774 bits per heavy atom. The van der Waals surface area contributed by atoms with E-state index in [0.717, 1.165) is 18.4 Å². The monoisotopic (exact) mass is 448 g/mol. The van der Waals surface area contributed by atoms with Gasteiger partial charge in [0.25, 0.3) is 10.1 Å². The number of hydrogen-bond acceptors (Lipinski definition) is 4. The fourth-order valence-electron chi connectivity index (χ4n) is 3.63. The van der Waals surface area contributed by atoms with Crippen LogP contribution in [-0.4, -0.2) is 18.1 Å². The number of phenols is 1. The molecule has 2 aromatic rings. The van der Waals surface area contributed by atoms with Gasteiger partial charge in [0.2, 0.25) is 0 Å². The van der Waals surface area contributed by atoms with Crippen molar-refractivity contribution < 1.29 is 22.8 Å². The van der Waals surface area contributed by atoms with Crippen molar-refractivity contribution >= 4 is 10.1 Å². The summed E-state index contributed by atoms with van der Waals surface area (Å²) in [5, 5.41) is 9.83. The van der Waals surface area contributed by atoms with Gasteiger partial charge in [-0.25, -0.2) is 0 Å². The largest absolute Gasteiger partial charge is 0.508 e. The Morgan fingerprint density at radius 3 is 1.87 bits per heavy atom. The topological polar surface area (TPSA) is 83.8 Å². The van der Waals surface area contributed by atoms with Crippen molar-refractivity contribution in [2.24, 2.45) is 0 Å². The molecule has 6 heteroatoms. The van der Waals surface area contributed by atoms with E-state index < -0.39 is 10.1 Å². The second-order valence-corrected chi connectivity index (χ2v) is 9.55. The molecule has 172 valence electrons. The van der Waals surface area contributed by atoms with Crippen LogP contribution in [0.15, 0.2) is 47.4 Å². The van der Waals surface area contributed by atoms with Gasteiger partial charge in [-0.05, 0) is 48.7 Å². The summed E-state index contributed by atoms with van der Waals surface area (Å²) in [6.45, 7) is 2.25. The quantitative estimate of drug-likeness (QED) is 0.221. The maximum Gasteiger partial charge on any atom is 0.294 e. The van der Waals surface area contributed by atoms with E-state index in [0.29, 0.717) is 11.5 Å². The average molecular weight is 449 g/mol. The lowest BCUT2D eigenvalue weighted by Crippen LogP contribution is -1.98. The lowest BCUT2D eigenvalue weighted by molar-refractivity contribution is 0.450. The molecular weight excluding hydrogens is 412 g/mol. The summed E-state index contributed by atoms with van der Waals surface area (Å²) in [6.07, 6.45) is 15.0. The van der Waals surface area contributed by atoms with Crippen LogP contribution in [0, 0.1) is 0 Å². The molecule has 0 aromatic heterocycles. The van der Waals surface area contributed by atoms with Crippen molar-refractivity contribution in [3.63, 3.8) is 0 Å². The third kappa shape index (κ3) is 9.74. The molecule has 2 rings (SSSR count). The molecule has 0 amide bonds. The standard InChI is InChI=1S/C25H36O5S/c1-2-3-4-5-6-7-8-9-10-11-12-13-21-14-15-22(26)20-25(21)30-23-16-18-24(19-17-23)31(27,28)29/h14-20,26H,2-13H2,1H3,(H,27,28,29). The first-order valence-electron chi connectivity index (χ1n) is 11.5. The summed E-state index contributed by atoms with van der Waals surface area (Å²) >= 11 is 0. The Morgan fingerprint density at radius 2 is 1.32 bits per heavy atom. The molecule has 2 aromatic carbocycles. The van der Waals surface area contributed by atoms with Crippen LogP contribution in [-0.2, 0) is 16.5 Å². The van der Waals surface area contributed by atoms with Crippen molar-refractivity contribution in [3.8, 4) is 17.2 Å². The Kier molecular flexibility index (Phi) is 10.9. The molecule has 0 aliphatic rings. The minimum absolute atomic E-state index is 0.118. The van der Waals surface area contributed by atoms with Gasteiger partial charge in [0.1, 0.15) is 17.2 Å². The van der Waals surface area contributed by atoms with E-state index >= 15 is 0 Å². The smallest absolute Gasteiger partial charge is 0.294 e. The fourth-order valence-corrected chi connectivity index (χ4v) is 4.11. The maximum absolute atomic E-state index is 11.2. The first kappa shape index (κ1) is 25.2. The van der Waals surface area contributed by atoms with Gasteiger partial charge < -0.3 is 9.84 Å². The van der Waals surface area contributed by atoms with Gasteiger partial charge in [-0.2, -0.15) is 8.42 Å². The van der Waals surface area contributed by atoms with E-state index in [2.05, 4.69) is 6.92 Å². The summed E-state index contributed by atoms with van der Waals surface area (Å²) in [5.74, 6) is 1.12. The van der Waals surface area contributed by atoms with Crippen LogP contribution in [0.3, 0.4) is 0 Å². The molecule has 2 N–H and O–H groups in total. The molecule has 0 heterocycles. The van der Waals surface area contributed by atoms with E-state index in [1.54, 1.807) is 12.1 Å². The van der Waals surface area contributed by atoms with E-state index in [9.17, 15) is 13.5 Å². The highest BCUT2D eigenvalue weighted by Crippen LogP contribution is 2.31. The molecule has 0 atom stereocenters. The Labute approximate surface area is 187 Å². The zero-order valence-electron chi connectivity index (χ0n) is 18.6. The van der Waals surface area contributed by atoms with Crippen molar-refractivity contribution in [2.75, 3.05) is 0 Å². The van der Waals surface area contributed by atoms with E-state index in [1.807, 2.05) is 6.07 Å². The van der Waals surface area contributed by atoms with Gasteiger partial charge in [0, 0.05) is 6.07 Å². The summed E-state index contributed by atoms with van der Waals surface area (Å²) in [6, 6.07) is 10.6. The number of rotatable bonds is 15. The first-order chi connectivity index (χ1) is 14.9. The summed E-state index contributed by atoms with van der Waals surface area (Å²) in [4.78, 5) is -0.183. The predicted molar refractivity (Wildman–Crippen MR) is 125 cm³/mol. The SMILES string of the molecule is CCCCCCCCCCCCCc1ccc(O)cc1Oc1ccc(S(=O)(=O)O)cc1. The average Bonchev–Trinajstić information content (AvgIpc) is 2.73. The number of hydrogen-bond donors (Lipinski definition) is 2. The molecule has 5 nitrogen and oxygen atoms in total. The van der Waals surface area contributed by atoms with Crippen LogP contribution >= 0.6 is 0 Å². The molecule has 0 saturated heterocycles. The van der Waals surface area contributed by atoms with Crippen LogP contribution < -0.4 is 4.74 Å². The fraction of sp³-hybridized carbons (Fsp3) is 0.520. The van der Waals surface area contributed by atoms with E-state index in [1.165, 1.54) is 88.5 Å². The second-order valence-electron chi connectivity index (χ2n) is 8.13. The lowest BCUT2D eigenvalue weighted by Gasteiger charge is -2.12. The molecular formula is C25H36O5S. The van der Waals surface area contributed by atoms with E-state index in [4.69, 9.17) is 9.29 Å². The highest BCUT2D eigenvalue weighted by Gasteiger charge is 2.11. The predicted octanol–water partition coefficient (Wildman–Crippen LogP) is 7.28. The summed E-state index contributed by atoms with van der Waals surface area (Å²) in [5.41, 5.74) is 1.01. The minimum Gasteiger partial charge on any atom is -0.508 e. The zero-order valence-corrected chi connectivity index (χ0v) is 19.4. The number of aromatic hydroxyl groups is 1. The zero-order chi connectivity index (χ0) is 22.5. The third-order valence-corrected chi connectivity index (χ3v) is 6.32. The Balaban J connectivity index is 1.76. The molecule has 0 radical (unpaired) electrons. The van der Waals surface area contributed by atoms with Gasteiger partial charge in [-0.1, -0.05) is 77.2 Å². The molecule has 0 unspecified atom stereocenters. The van der Waals surface area contributed by atoms with Crippen molar-refractivity contribution in [1.29, 1.82) is 0 Å². The van der Waals surface area contributed by atoms with Gasteiger partial charge in [-0.15, -0.1) is 0 Å². The van der Waals surface area contributed by atoms with Crippen LogP contribution in [0.5, 0.6) is 17.2 Å². The minimum atomic E-state index is -4.23. The van der Waals surface area contributed by atoms with Crippen molar-refractivity contribution in [3.05, 3.63) is 48.0 Å². The molecule has 0 aliphatic carbocycles. The number of unbranched alkanes of at least 4 members (excludes halogenated alkanes) is 10. The third-order valence-electron chi connectivity index (χ3n) is 5.45. The second kappa shape index (κ2) is 13.4. The van der Waals surface area contributed by atoms with Gasteiger partial charge in [0.15, 0.2) is 0 Å². The number of aryl methyl sites for hydroxylation is 1. The summed E-state index contributed by atoms with van der Waals surface area (Å²) < 4.78 is 37.3. The number of ether oxygens (including phenoxy) is 1. The van der Waals surface area contributed by atoms with Gasteiger partial charge >= 0.3 is 0 Å². The number of benzene rings is 2. The molecule has 31 heavy (non-hydrogen) atoms. The highest BCUT2D eigenvalue weighted by molar-refractivity contribution is 7.85. The highest BCUT2D eigenvalue weighted by atomic mass is 32.2. The normalized spacial score (nSPS) is 11.5. The molecule has 0 spiro atoms. The Hall–Kier alpha value is -2.05.